The van der Waals surface area contributed by atoms with Gasteiger partial charge in [-0.3, -0.25) is 0 Å². The summed E-state index contributed by atoms with van der Waals surface area (Å²) >= 11 is 1.69. The van der Waals surface area contributed by atoms with Crippen LogP contribution in [0.25, 0.3) is 42.5 Å². The second kappa shape index (κ2) is 4.42. The van der Waals surface area contributed by atoms with E-state index in [9.17, 15) is 0 Å². The van der Waals surface area contributed by atoms with E-state index in [1.54, 1.807) is 17.6 Å². The van der Waals surface area contributed by atoms with E-state index in [0.29, 0.717) is 0 Å². The number of furan rings is 1. The van der Waals surface area contributed by atoms with Crippen molar-refractivity contribution < 1.29 is 4.42 Å². The van der Waals surface area contributed by atoms with E-state index in [1.807, 2.05) is 12.1 Å². The van der Waals surface area contributed by atoms with Crippen LogP contribution in [0, 0.1) is 0 Å². The molecule has 5 aromatic rings. The maximum Gasteiger partial charge on any atom is 0.162 e. The number of nitrogens with zero attached hydrogens (tertiary/aromatic N) is 1. The van der Waals surface area contributed by atoms with Crippen LogP contribution in [0.2, 0.25) is 0 Å². The Kier molecular flexibility index (Phi) is 2.40. The summed E-state index contributed by atoms with van der Waals surface area (Å²) < 4.78 is 6.74. The lowest BCUT2D eigenvalue weighted by atomic mass is 10.0. The second-order valence-electron chi connectivity index (χ2n) is 5.27. The maximum atomic E-state index is 5.52. The highest BCUT2D eigenvalue weighted by Gasteiger charge is 2.14. The summed E-state index contributed by atoms with van der Waals surface area (Å²) in [7, 11) is 0. The van der Waals surface area contributed by atoms with Crippen LogP contribution in [0.15, 0.2) is 71.3 Å². The molecule has 22 heavy (non-hydrogen) atoms. The number of fused-ring (bicyclic) bond motifs is 6. The first-order valence-electron chi connectivity index (χ1n) is 7.16. The van der Waals surface area contributed by atoms with Crippen molar-refractivity contribution in [3.05, 3.63) is 66.9 Å². The highest BCUT2D eigenvalue weighted by molar-refractivity contribution is 7.22. The van der Waals surface area contributed by atoms with Gasteiger partial charge < -0.3 is 4.42 Å². The minimum absolute atomic E-state index is 0.828. The first kappa shape index (κ1) is 12.0. The Morgan fingerprint density at radius 2 is 1.41 bits per heavy atom. The molecule has 0 fully saturated rings. The molecule has 3 heteroatoms. The molecule has 5 rings (SSSR count). The number of rotatable bonds is 1. The van der Waals surface area contributed by atoms with E-state index < -0.39 is 0 Å². The lowest BCUT2D eigenvalue weighted by Gasteiger charge is -2.05. The Morgan fingerprint density at radius 3 is 2.14 bits per heavy atom. The fraction of sp³-hybridized carbons (Fsp3) is 0. The van der Waals surface area contributed by atoms with Crippen LogP contribution in [-0.4, -0.2) is 4.98 Å². The third-order valence-electron chi connectivity index (χ3n) is 4.00. The molecule has 0 aliphatic heterocycles. The monoisotopic (exact) mass is 301 g/mol. The van der Waals surface area contributed by atoms with E-state index in [0.717, 1.165) is 16.3 Å². The van der Waals surface area contributed by atoms with Crippen molar-refractivity contribution in [3.63, 3.8) is 0 Å². The molecule has 2 heterocycles. The second-order valence-corrected chi connectivity index (χ2v) is 6.26. The molecule has 0 amide bonds. The molecular weight excluding hydrogens is 290 g/mol. The van der Waals surface area contributed by atoms with E-state index >= 15 is 0 Å². The number of benzene rings is 3. The van der Waals surface area contributed by atoms with E-state index in [-0.39, 0.29) is 0 Å². The summed E-state index contributed by atoms with van der Waals surface area (Å²) in [6.07, 6.45) is 1.69. The van der Waals surface area contributed by atoms with Crippen LogP contribution in [0.3, 0.4) is 0 Å². The Morgan fingerprint density at radius 1 is 0.727 bits per heavy atom. The molecule has 104 valence electrons. The van der Waals surface area contributed by atoms with Crippen molar-refractivity contribution in [1.82, 2.24) is 4.98 Å². The Hall–Kier alpha value is -2.65. The zero-order valence-corrected chi connectivity index (χ0v) is 12.4. The largest absolute Gasteiger partial charge is 0.462 e. The molecule has 3 aromatic carbocycles. The first-order chi connectivity index (χ1) is 10.9. The smallest absolute Gasteiger partial charge is 0.162 e. The summed E-state index contributed by atoms with van der Waals surface area (Å²) in [5.74, 6) is 0.828. The minimum Gasteiger partial charge on any atom is -0.462 e. The van der Waals surface area contributed by atoms with Gasteiger partial charge in [-0.25, -0.2) is 4.98 Å². The number of hydrogen-bond acceptors (Lipinski definition) is 3. The van der Waals surface area contributed by atoms with Crippen LogP contribution >= 0.6 is 11.3 Å². The van der Waals surface area contributed by atoms with Crippen LogP contribution in [0.4, 0.5) is 0 Å². The fourth-order valence-electron chi connectivity index (χ4n) is 3.03. The summed E-state index contributed by atoms with van der Waals surface area (Å²) in [6.45, 7) is 0. The molecule has 0 aliphatic rings. The van der Waals surface area contributed by atoms with Gasteiger partial charge in [-0.05, 0) is 22.9 Å². The van der Waals surface area contributed by atoms with Gasteiger partial charge in [0.2, 0.25) is 0 Å². The molecule has 2 nitrogen and oxygen atoms in total. The van der Waals surface area contributed by atoms with E-state index in [2.05, 4.69) is 48.5 Å². The number of hydrogen-bond donors (Lipinski definition) is 0. The molecule has 0 spiro atoms. The predicted molar refractivity (Wildman–Crippen MR) is 92.3 cm³/mol. The first-order valence-corrected chi connectivity index (χ1v) is 7.97. The van der Waals surface area contributed by atoms with Crippen LogP contribution in [0.1, 0.15) is 0 Å². The molecule has 0 unspecified atom stereocenters. The van der Waals surface area contributed by atoms with E-state index in [1.165, 1.54) is 26.2 Å². The predicted octanol–water partition coefficient (Wildman–Crippen LogP) is 5.86. The Labute approximate surface area is 130 Å². The van der Waals surface area contributed by atoms with Gasteiger partial charge in [0, 0.05) is 10.8 Å². The Balaban J connectivity index is 2.03. The van der Waals surface area contributed by atoms with Gasteiger partial charge in [-0.1, -0.05) is 48.5 Å². The van der Waals surface area contributed by atoms with Crippen molar-refractivity contribution in [1.29, 1.82) is 0 Å². The van der Waals surface area contributed by atoms with Gasteiger partial charge in [0.05, 0.1) is 16.5 Å². The zero-order valence-electron chi connectivity index (χ0n) is 11.6. The quantitative estimate of drug-likeness (QED) is 0.362. The van der Waals surface area contributed by atoms with Crippen LogP contribution < -0.4 is 0 Å². The molecule has 0 saturated heterocycles. The third kappa shape index (κ3) is 1.57. The number of thiazole rings is 1. The van der Waals surface area contributed by atoms with Crippen molar-refractivity contribution in [3.8, 4) is 10.8 Å². The van der Waals surface area contributed by atoms with Crippen LogP contribution in [-0.2, 0) is 0 Å². The van der Waals surface area contributed by atoms with Gasteiger partial charge in [-0.2, -0.15) is 0 Å². The lowest BCUT2D eigenvalue weighted by Crippen LogP contribution is -1.80. The Bertz CT molecular complexity index is 1050. The van der Waals surface area contributed by atoms with Gasteiger partial charge in [0.1, 0.15) is 0 Å². The summed E-state index contributed by atoms with van der Waals surface area (Å²) in [6, 6.07) is 20.9. The average Bonchev–Trinajstić information content (AvgIpc) is 3.24. The average molecular weight is 301 g/mol. The fourth-order valence-corrected chi connectivity index (χ4v) is 4.12. The van der Waals surface area contributed by atoms with Crippen molar-refractivity contribution in [2.45, 2.75) is 0 Å². The zero-order chi connectivity index (χ0) is 14.5. The van der Waals surface area contributed by atoms with Gasteiger partial charge in [0.15, 0.2) is 10.8 Å². The third-order valence-corrected chi connectivity index (χ3v) is 5.11. The normalized spacial score (nSPS) is 11.6. The van der Waals surface area contributed by atoms with E-state index in [4.69, 9.17) is 9.40 Å². The minimum atomic E-state index is 0.828. The molecule has 0 atom stereocenters. The molecule has 0 radical (unpaired) electrons. The standard InChI is InChI=1S/C19H11NOS/c1-3-8-14-12(6-1)13-7-2-4-9-15(13)18-17(14)20-19(22-18)16-10-5-11-21-16/h1-11H. The number of aromatic nitrogens is 1. The van der Waals surface area contributed by atoms with Gasteiger partial charge in [-0.15, -0.1) is 11.3 Å². The SMILES string of the molecule is c1coc(-c2nc3c4ccccc4c4ccccc4c3s2)c1. The summed E-state index contributed by atoms with van der Waals surface area (Å²) in [5.41, 5.74) is 1.06. The highest BCUT2D eigenvalue weighted by atomic mass is 32.1. The van der Waals surface area contributed by atoms with Crippen molar-refractivity contribution in [2.75, 3.05) is 0 Å². The van der Waals surface area contributed by atoms with Gasteiger partial charge in [0.25, 0.3) is 0 Å². The van der Waals surface area contributed by atoms with Crippen molar-refractivity contribution in [2.24, 2.45) is 0 Å². The lowest BCUT2D eigenvalue weighted by molar-refractivity contribution is 0.582. The topological polar surface area (TPSA) is 26.0 Å². The molecule has 0 bridgehead atoms. The molecule has 0 saturated carbocycles. The highest BCUT2D eigenvalue weighted by Crippen LogP contribution is 2.40. The summed E-state index contributed by atoms with van der Waals surface area (Å²) in [5, 5.41) is 5.92. The molecule has 2 aromatic heterocycles. The summed E-state index contributed by atoms with van der Waals surface area (Å²) in [4.78, 5) is 4.86. The van der Waals surface area contributed by atoms with Gasteiger partial charge >= 0.3 is 0 Å². The molecule has 0 aliphatic carbocycles. The molecular formula is C19H11NOS. The maximum absolute atomic E-state index is 5.52. The van der Waals surface area contributed by atoms with Crippen molar-refractivity contribution >= 4 is 43.1 Å². The molecule has 0 N–H and O–H groups in total. The van der Waals surface area contributed by atoms with Crippen LogP contribution in [0.5, 0.6) is 0 Å².